The van der Waals surface area contributed by atoms with Gasteiger partial charge < -0.3 is 16.2 Å². The van der Waals surface area contributed by atoms with E-state index in [1.54, 1.807) is 6.07 Å². The van der Waals surface area contributed by atoms with E-state index in [0.717, 1.165) is 42.3 Å². The summed E-state index contributed by atoms with van der Waals surface area (Å²) < 4.78 is 25.2. The van der Waals surface area contributed by atoms with Crippen LogP contribution in [0.2, 0.25) is 0 Å². The predicted molar refractivity (Wildman–Crippen MR) is 104 cm³/mol. The van der Waals surface area contributed by atoms with Gasteiger partial charge in [-0.05, 0) is 55.9 Å². The van der Waals surface area contributed by atoms with E-state index in [1.165, 1.54) is 12.4 Å². The number of aliphatic hydroxyl groups is 1. The maximum absolute atomic E-state index is 12.0. The van der Waals surface area contributed by atoms with E-state index in [-0.39, 0.29) is 17.3 Å². The highest BCUT2D eigenvalue weighted by Crippen LogP contribution is 2.56. The van der Waals surface area contributed by atoms with Gasteiger partial charge in [0.25, 0.3) is 5.91 Å². The first-order valence-electron chi connectivity index (χ1n) is 9.64. The minimum atomic E-state index is -3.52. The lowest BCUT2D eigenvalue weighted by atomic mass is 9.52. The summed E-state index contributed by atoms with van der Waals surface area (Å²) in [5.74, 6) is 0.626. The summed E-state index contributed by atoms with van der Waals surface area (Å²) in [5.41, 5.74) is 6.11. The van der Waals surface area contributed by atoms with Crippen molar-refractivity contribution in [2.75, 3.05) is 11.6 Å². The second-order valence-corrected chi connectivity index (χ2v) is 10.7. The molecule has 2 atom stereocenters. The van der Waals surface area contributed by atoms with Gasteiger partial charge in [-0.3, -0.25) is 4.79 Å². The number of rotatable bonds is 4. The van der Waals surface area contributed by atoms with Crippen molar-refractivity contribution in [2.24, 2.45) is 23.5 Å². The lowest BCUT2D eigenvalue weighted by molar-refractivity contribution is -0.129. The third-order valence-electron chi connectivity index (χ3n) is 6.86. The van der Waals surface area contributed by atoms with Gasteiger partial charge in [0.1, 0.15) is 0 Å². The summed E-state index contributed by atoms with van der Waals surface area (Å²) in [6.45, 7) is 0. The molecule has 28 heavy (non-hydrogen) atoms. The van der Waals surface area contributed by atoms with Gasteiger partial charge >= 0.3 is 0 Å². The molecule has 0 aliphatic heterocycles. The molecule has 1 amide bonds. The average molecular weight is 404 g/mol. The second kappa shape index (κ2) is 5.70. The number of aromatic nitrogens is 2. The fourth-order valence-electron chi connectivity index (χ4n) is 6.06. The van der Waals surface area contributed by atoms with Crippen LogP contribution < -0.4 is 11.1 Å². The Kier molecular flexibility index (Phi) is 3.65. The zero-order valence-corrected chi connectivity index (χ0v) is 16.4. The largest absolute Gasteiger partial charge is 0.390 e. The number of primary amides is 1. The van der Waals surface area contributed by atoms with Gasteiger partial charge in [0.05, 0.1) is 23.1 Å². The number of nitrogens with one attached hydrogen (secondary N) is 1. The Hall–Kier alpha value is -2.13. The fourth-order valence-corrected chi connectivity index (χ4v) is 6.80. The van der Waals surface area contributed by atoms with Gasteiger partial charge in [-0.15, -0.1) is 0 Å². The first kappa shape index (κ1) is 17.9. The van der Waals surface area contributed by atoms with E-state index >= 15 is 0 Å². The quantitative estimate of drug-likeness (QED) is 0.705. The monoisotopic (exact) mass is 404 g/mol. The maximum Gasteiger partial charge on any atom is 0.252 e. The maximum atomic E-state index is 12.0. The van der Waals surface area contributed by atoms with Crippen molar-refractivity contribution in [2.45, 2.75) is 43.7 Å². The third-order valence-corrected chi connectivity index (χ3v) is 7.86. The summed E-state index contributed by atoms with van der Waals surface area (Å²) in [5, 5.41) is 14.9. The predicted octanol–water partition coefficient (Wildman–Crippen LogP) is 1.29. The Bertz CT molecular complexity index is 1080. The van der Waals surface area contributed by atoms with Gasteiger partial charge in [-0.2, -0.15) is 0 Å². The molecule has 4 saturated carbocycles. The zero-order chi connectivity index (χ0) is 19.8. The summed E-state index contributed by atoms with van der Waals surface area (Å²) in [6.07, 6.45) is 8.48. The standard InChI is InChI=1S/C19H24N4O4S/c1-28(26,27)23-3-2-13-16(14(17(20)24)9-21-18(13)23)22-15-11-4-10-5-12(15)8-19(25,6-10)7-11/h2-3,9-12,15,25H,4-8H2,1H3,(H2,20,24)(H,21,22). The minimum absolute atomic E-state index is 0.127. The number of nitrogens with zero attached hydrogens (tertiary/aromatic N) is 2. The molecule has 4 bridgehead atoms. The summed E-state index contributed by atoms with van der Waals surface area (Å²) in [4.78, 5) is 16.2. The van der Waals surface area contributed by atoms with Crippen molar-refractivity contribution in [1.82, 2.24) is 8.96 Å². The molecule has 8 nitrogen and oxygen atoms in total. The van der Waals surface area contributed by atoms with Crippen LogP contribution in [0.5, 0.6) is 0 Å². The average Bonchev–Trinajstić information content (AvgIpc) is 3.01. The number of hydrogen-bond acceptors (Lipinski definition) is 6. The molecule has 4 fully saturated rings. The highest BCUT2D eigenvalue weighted by Gasteiger charge is 2.54. The van der Waals surface area contributed by atoms with E-state index in [2.05, 4.69) is 10.3 Å². The first-order valence-corrected chi connectivity index (χ1v) is 11.5. The van der Waals surface area contributed by atoms with Crippen LogP contribution in [0.1, 0.15) is 42.5 Å². The normalized spacial score (nSPS) is 34.1. The lowest BCUT2D eigenvalue weighted by Crippen LogP contribution is -2.59. The molecule has 0 saturated heterocycles. The molecule has 4 aliphatic rings. The van der Waals surface area contributed by atoms with E-state index in [9.17, 15) is 18.3 Å². The fraction of sp³-hybridized carbons (Fsp3) is 0.579. The van der Waals surface area contributed by atoms with Crippen LogP contribution in [0.4, 0.5) is 5.69 Å². The number of carbonyl (C=O) groups is 1. The number of anilines is 1. The van der Waals surface area contributed by atoms with Crippen LogP contribution in [0.3, 0.4) is 0 Å². The molecule has 0 spiro atoms. The van der Waals surface area contributed by atoms with Crippen LogP contribution in [0.25, 0.3) is 11.0 Å². The first-order chi connectivity index (χ1) is 13.1. The van der Waals surface area contributed by atoms with Gasteiger partial charge in [-0.25, -0.2) is 17.4 Å². The Morgan fingerprint density at radius 2 is 2.00 bits per heavy atom. The number of carbonyl (C=O) groups excluding carboxylic acids is 1. The lowest BCUT2D eigenvalue weighted by Gasteiger charge is -2.58. The highest BCUT2D eigenvalue weighted by molar-refractivity contribution is 7.89. The molecule has 150 valence electrons. The van der Waals surface area contributed by atoms with Gasteiger partial charge in [0.15, 0.2) is 5.65 Å². The van der Waals surface area contributed by atoms with Gasteiger partial charge in [-0.1, -0.05) is 0 Å². The molecular formula is C19H24N4O4S. The van der Waals surface area contributed by atoms with Crippen LogP contribution in [-0.4, -0.2) is 46.3 Å². The van der Waals surface area contributed by atoms with E-state index in [1.807, 2.05) is 0 Å². The van der Waals surface area contributed by atoms with Gasteiger partial charge in [0.2, 0.25) is 10.0 Å². The van der Waals surface area contributed by atoms with E-state index in [0.29, 0.717) is 28.8 Å². The highest BCUT2D eigenvalue weighted by atomic mass is 32.2. The third kappa shape index (κ3) is 2.63. The van der Waals surface area contributed by atoms with Crippen molar-refractivity contribution >= 4 is 32.7 Å². The molecule has 0 radical (unpaired) electrons. The molecule has 4 aliphatic carbocycles. The van der Waals surface area contributed by atoms with Crippen molar-refractivity contribution in [1.29, 1.82) is 0 Å². The number of pyridine rings is 1. The van der Waals surface area contributed by atoms with Crippen molar-refractivity contribution < 1.29 is 18.3 Å². The van der Waals surface area contributed by atoms with Gasteiger partial charge in [0, 0.05) is 23.8 Å². The summed E-state index contributed by atoms with van der Waals surface area (Å²) in [7, 11) is -3.52. The van der Waals surface area contributed by atoms with Crippen LogP contribution in [0, 0.1) is 17.8 Å². The second-order valence-electron chi connectivity index (χ2n) is 8.89. The molecule has 2 heterocycles. The summed E-state index contributed by atoms with van der Waals surface area (Å²) in [6, 6.07) is 1.78. The van der Waals surface area contributed by atoms with E-state index < -0.39 is 21.5 Å². The smallest absolute Gasteiger partial charge is 0.252 e. The van der Waals surface area contributed by atoms with Crippen molar-refractivity contribution in [3.63, 3.8) is 0 Å². The minimum Gasteiger partial charge on any atom is -0.390 e. The molecule has 2 unspecified atom stereocenters. The Balaban J connectivity index is 1.59. The number of fused-ring (bicyclic) bond motifs is 1. The zero-order valence-electron chi connectivity index (χ0n) is 15.6. The van der Waals surface area contributed by atoms with Crippen molar-refractivity contribution in [3.8, 4) is 0 Å². The molecule has 2 aromatic heterocycles. The molecule has 0 aromatic carbocycles. The molecular weight excluding hydrogens is 380 g/mol. The van der Waals surface area contributed by atoms with Crippen LogP contribution in [0.15, 0.2) is 18.5 Å². The van der Waals surface area contributed by atoms with Crippen LogP contribution in [-0.2, 0) is 10.0 Å². The Morgan fingerprint density at radius 3 is 2.57 bits per heavy atom. The topological polar surface area (TPSA) is 127 Å². The van der Waals surface area contributed by atoms with Crippen molar-refractivity contribution in [3.05, 3.63) is 24.0 Å². The molecule has 2 aromatic rings. The molecule has 4 N–H and O–H groups in total. The summed E-state index contributed by atoms with van der Waals surface area (Å²) >= 11 is 0. The van der Waals surface area contributed by atoms with Crippen LogP contribution >= 0.6 is 0 Å². The SMILES string of the molecule is CS(=O)(=O)n1ccc2c(NC3C4CC5CC3CC(O)(C5)C4)c(C(N)=O)cnc21. The van der Waals surface area contributed by atoms with E-state index in [4.69, 9.17) is 5.73 Å². The Labute approximate surface area is 163 Å². The molecule has 6 rings (SSSR count). The number of hydrogen-bond donors (Lipinski definition) is 3. The number of amides is 1. The number of nitrogens with two attached hydrogens (primary N) is 1. The molecule has 9 heteroatoms. The Morgan fingerprint density at radius 1 is 1.32 bits per heavy atom.